The molecule has 0 unspecified atom stereocenters. The van der Waals surface area contributed by atoms with Crippen molar-refractivity contribution in [2.75, 3.05) is 6.61 Å². The van der Waals surface area contributed by atoms with Crippen LogP contribution in [0.1, 0.15) is 11.8 Å². The quantitative estimate of drug-likeness (QED) is 0.529. The fraction of sp³-hybridized carbons (Fsp3) is 0.222. The van der Waals surface area contributed by atoms with E-state index in [9.17, 15) is 4.79 Å². The van der Waals surface area contributed by atoms with Crippen LogP contribution in [0.4, 0.5) is 0 Å². The number of thiophene rings is 1. The molecule has 2 nitrogen and oxygen atoms in total. The zero-order chi connectivity index (χ0) is 8.81. The topological polar surface area (TPSA) is 26.3 Å². The van der Waals surface area contributed by atoms with Gasteiger partial charge >= 0.3 is 5.97 Å². The lowest BCUT2D eigenvalue weighted by molar-refractivity contribution is -0.137. The minimum Gasteiger partial charge on any atom is -0.463 e. The molecule has 0 saturated carbocycles. The van der Waals surface area contributed by atoms with Crippen molar-refractivity contribution in [3.63, 3.8) is 0 Å². The highest BCUT2D eigenvalue weighted by molar-refractivity contribution is 7.10. The van der Waals surface area contributed by atoms with Gasteiger partial charge in [0.2, 0.25) is 0 Å². The van der Waals surface area contributed by atoms with Crippen LogP contribution in [0, 0.1) is 0 Å². The van der Waals surface area contributed by atoms with Gasteiger partial charge < -0.3 is 4.74 Å². The first-order valence-electron chi connectivity index (χ1n) is 3.71. The number of rotatable bonds is 3. The predicted octanol–water partition coefficient (Wildman–Crippen LogP) is 2.32. The van der Waals surface area contributed by atoms with Crippen LogP contribution in [0.2, 0.25) is 0 Å². The minimum atomic E-state index is -0.286. The predicted molar refractivity (Wildman–Crippen MR) is 50.0 cm³/mol. The molecule has 0 amide bonds. The van der Waals surface area contributed by atoms with E-state index >= 15 is 0 Å². The summed E-state index contributed by atoms with van der Waals surface area (Å²) >= 11 is 1.59. The summed E-state index contributed by atoms with van der Waals surface area (Å²) in [6.45, 7) is 2.21. The zero-order valence-electron chi connectivity index (χ0n) is 6.82. The summed E-state index contributed by atoms with van der Waals surface area (Å²) in [6.07, 6.45) is 3.19. The lowest BCUT2D eigenvalue weighted by Crippen LogP contribution is -1.98. The Hall–Kier alpha value is -1.09. The van der Waals surface area contributed by atoms with Gasteiger partial charge in [-0.25, -0.2) is 4.79 Å². The van der Waals surface area contributed by atoms with Crippen LogP contribution in [0.3, 0.4) is 0 Å². The second kappa shape index (κ2) is 4.72. The van der Waals surface area contributed by atoms with Crippen molar-refractivity contribution in [1.29, 1.82) is 0 Å². The Labute approximate surface area is 75.5 Å². The highest BCUT2D eigenvalue weighted by Gasteiger charge is 1.93. The van der Waals surface area contributed by atoms with Crippen molar-refractivity contribution in [3.8, 4) is 0 Å². The Morgan fingerprint density at radius 3 is 3.17 bits per heavy atom. The summed E-state index contributed by atoms with van der Waals surface area (Å²) in [7, 11) is 0. The lowest BCUT2D eigenvalue weighted by Gasteiger charge is -1.92. The Morgan fingerprint density at radius 2 is 2.58 bits per heavy atom. The summed E-state index contributed by atoms with van der Waals surface area (Å²) < 4.78 is 4.72. The van der Waals surface area contributed by atoms with E-state index in [1.165, 1.54) is 6.08 Å². The monoisotopic (exact) mass is 182 g/mol. The number of ether oxygens (including phenoxy) is 1. The van der Waals surface area contributed by atoms with E-state index in [1.807, 2.05) is 17.5 Å². The molecule has 0 fully saturated rings. The maximum absolute atomic E-state index is 10.8. The van der Waals surface area contributed by atoms with Crippen molar-refractivity contribution >= 4 is 23.4 Å². The van der Waals surface area contributed by atoms with Gasteiger partial charge in [0.25, 0.3) is 0 Å². The van der Waals surface area contributed by atoms with Crippen LogP contribution < -0.4 is 0 Å². The van der Waals surface area contributed by atoms with Gasteiger partial charge in [0.1, 0.15) is 0 Å². The Morgan fingerprint density at radius 1 is 1.75 bits per heavy atom. The third-order valence-corrected chi connectivity index (χ3v) is 2.05. The van der Waals surface area contributed by atoms with Gasteiger partial charge in [-0.2, -0.15) is 0 Å². The summed E-state index contributed by atoms with van der Waals surface area (Å²) in [4.78, 5) is 11.9. The molecule has 1 aromatic rings. The molecule has 0 aromatic carbocycles. The van der Waals surface area contributed by atoms with Crippen molar-refractivity contribution in [3.05, 3.63) is 28.5 Å². The molecule has 0 bridgehead atoms. The molecule has 3 heteroatoms. The summed E-state index contributed by atoms with van der Waals surface area (Å²) in [5.74, 6) is -0.286. The molecule has 0 atom stereocenters. The minimum absolute atomic E-state index is 0.286. The lowest BCUT2D eigenvalue weighted by atomic mass is 10.4. The molecule has 0 aliphatic heterocycles. The van der Waals surface area contributed by atoms with Gasteiger partial charge in [0.15, 0.2) is 0 Å². The third kappa shape index (κ3) is 2.88. The fourth-order valence-electron chi connectivity index (χ4n) is 0.727. The Bertz CT molecular complexity index is 262. The molecule has 0 saturated heterocycles. The van der Waals surface area contributed by atoms with E-state index in [2.05, 4.69) is 0 Å². The molecule has 64 valence electrons. The van der Waals surface area contributed by atoms with Gasteiger partial charge in [0, 0.05) is 11.0 Å². The molecule has 0 aliphatic carbocycles. The highest BCUT2D eigenvalue weighted by atomic mass is 32.1. The Kier molecular flexibility index (Phi) is 3.54. The molecule has 1 heterocycles. The van der Waals surface area contributed by atoms with Crippen LogP contribution >= 0.6 is 11.3 Å². The van der Waals surface area contributed by atoms with Gasteiger partial charge in [-0.05, 0) is 24.4 Å². The summed E-state index contributed by atoms with van der Waals surface area (Å²) in [5.41, 5.74) is 0. The fourth-order valence-corrected chi connectivity index (χ4v) is 1.34. The SMILES string of the molecule is CCOC(=O)C=Cc1cccs1. The van der Waals surface area contributed by atoms with E-state index in [0.29, 0.717) is 6.61 Å². The summed E-state index contributed by atoms with van der Waals surface area (Å²) in [5, 5.41) is 1.96. The molecule has 0 N–H and O–H groups in total. The molecule has 1 aromatic heterocycles. The van der Waals surface area contributed by atoms with Crippen molar-refractivity contribution in [2.45, 2.75) is 6.92 Å². The second-order valence-corrected chi connectivity index (χ2v) is 3.08. The number of carbonyl (C=O) groups excluding carboxylic acids is 1. The number of esters is 1. The first-order chi connectivity index (χ1) is 5.83. The normalized spacial score (nSPS) is 10.4. The van der Waals surface area contributed by atoms with Gasteiger partial charge in [-0.3, -0.25) is 0 Å². The maximum atomic E-state index is 10.8. The highest BCUT2D eigenvalue weighted by Crippen LogP contribution is 2.09. The molecule has 12 heavy (non-hydrogen) atoms. The number of hydrogen-bond donors (Lipinski definition) is 0. The van der Waals surface area contributed by atoms with Gasteiger partial charge in [-0.1, -0.05) is 6.07 Å². The molecule has 0 radical (unpaired) electrons. The van der Waals surface area contributed by atoms with Crippen molar-refractivity contribution in [1.82, 2.24) is 0 Å². The third-order valence-electron chi connectivity index (χ3n) is 1.21. The van der Waals surface area contributed by atoms with Crippen LogP contribution in [0.25, 0.3) is 6.08 Å². The van der Waals surface area contributed by atoms with E-state index < -0.39 is 0 Å². The smallest absolute Gasteiger partial charge is 0.330 e. The van der Waals surface area contributed by atoms with E-state index in [0.717, 1.165) is 4.88 Å². The van der Waals surface area contributed by atoms with Crippen LogP contribution in [-0.4, -0.2) is 12.6 Å². The number of carbonyl (C=O) groups is 1. The molecule has 1 rings (SSSR count). The first-order valence-corrected chi connectivity index (χ1v) is 4.59. The van der Waals surface area contributed by atoms with Gasteiger partial charge in [-0.15, -0.1) is 11.3 Å². The Balaban J connectivity index is 2.45. The average Bonchev–Trinajstić information content (AvgIpc) is 2.53. The second-order valence-electron chi connectivity index (χ2n) is 2.10. The van der Waals surface area contributed by atoms with E-state index in [4.69, 9.17) is 4.74 Å². The van der Waals surface area contributed by atoms with E-state index in [-0.39, 0.29) is 5.97 Å². The number of hydrogen-bond acceptors (Lipinski definition) is 3. The zero-order valence-corrected chi connectivity index (χ0v) is 7.64. The molecule has 0 aliphatic rings. The standard InChI is InChI=1S/C9H10O2S/c1-2-11-9(10)6-5-8-4-3-7-12-8/h3-7H,2H2,1H3. The average molecular weight is 182 g/mol. The molecular weight excluding hydrogens is 172 g/mol. The molecular formula is C9H10O2S. The van der Waals surface area contributed by atoms with Crippen LogP contribution in [0.15, 0.2) is 23.6 Å². The van der Waals surface area contributed by atoms with E-state index in [1.54, 1.807) is 24.3 Å². The van der Waals surface area contributed by atoms with Crippen LogP contribution in [0.5, 0.6) is 0 Å². The van der Waals surface area contributed by atoms with Crippen LogP contribution in [-0.2, 0) is 9.53 Å². The largest absolute Gasteiger partial charge is 0.463 e. The summed E-state index contributed by atoms with van der Waals surface area (Å²) in [6, 6.07) is 3.88. The van der Waals surface area contributed by atoms with Crippen molar-refractivity contribution in [2.24, 2.45) is 0 Å². The first kappa shape index (κ1) is 9.00. The maximum Gasteiger partial charge on any atom is 0.330 e. The van der Waals surface area contributed by atoms with Crippen molar-refractivity contribution < 1.29 is 9.53 Å². The molecule has 0 spiro atoms. The van der Waals surface area contributed by atoms with Gasteiger partial charge in [0.05, 0.1) is 6.61 Å².